The number of halogens is 6. The number of alkyl halides is 6. The number of ether oxygens (including phenoxy) is 2. The molecule has 1 aliphatic rings. The van der Waals surface area contributed by atoms with Gasteiger partial charge >= 0.3 is 12.4 Å². The highest BCUT2D eigenvalue weighted by atomic mass is 19.4. The van der Waals surface area contributed by atoms with Crippen LogP contribution in [0.4, 0.5) is 32.0 Å². The number of benzene rings is 1. The molecule has 1 aliphatic heterocycles. The van der Waals surface area contributed by atoms with Gasteiger partial charge in [0, 0.05) is 38.8 Å². The van der Waals surface area contributed by atoms with E-state index in [9.17, 15) is 26.3 Å². The maximum Gasteiger partial charge on any atom is 0.422 e. The molecule has 0 spiro atoms. The monoisotopic (exact) mass is 415 g/mol. The summed E-state index contributed by atoms with van der Waals surface area (Å²) in [6.45, 7) is 1.94. The summed E-state index contributed by atoms with van der Waals surface area (Å²) in [6, 6.07) is 3.63. The summed E-state index contributed by atoms with van der Waals surface area (Å²) in [5.74, 6) is -0.431. The fraction of sp³-hybridized carbons (Fsp3) is 0.647. The van der Waals surface area contributed by atoms with Crippen molar-refractivity contribution in [1.29, 1.82) is 0 Å². The standard InChI is InChI=1S/C17H23F6N3O2/c18-16(19,20)11-27-13-2-3-14(15(10-13)28-12-17(21,22)23)25-4-1-7-26-8-5-24-6-9-26/h2-3,10,24-25H,1,4-9,11-12H2. The molecule has 2 rings (SSSR count). The van der Waals surface area contributed by atoms with Crippen LogP contribution >= 0.6 is 0 Å². The van der Waals surface area contributed by atoms with Gasteiger partial charge in [-0.05, 0) is 25.1 Å². The SMILES string of the molecule is FC(F)(F)COc1ccc(NCCCN2CCNCC2)c(OCC(F)(F)F)c1. The van der Waals surface area contributed by atoms with E-state index >= 15 is 0 Å². The van der Waals surface area contributed by atoms with E-state index in [1.54, 1.807) is 0 Å². The highest BCUT2D eigenvalue weighted by molar-refractivity contribution is 5.59. The lowest BCUT2D eigenvalue weighted by Gasteiger charge is -2.27. The first-order chi connectivity index (χ1) is 13.1. The van der Waals surface area contributed by atoms with E-state index in [-0.39, 0.29) is 17.2 Å². The normalized spacial score (nSPS) is 16.1. The smallest absolute Gasteiger partial charge is 0.422 e. The van der Waals surface area contributed by atoms with Crippen LogP contribution in [0.3, 0.4) is 0 Å². The number of piperazine rings is 1. The fourth-order valence-corrected chi connectivity index (χ4v) is 2.64. The molecule has 0 unspecified atom stereocenters. The Morgan fingerprint density at radius 3 is 2.25 bits per heavy atom. The molecule has 0 atom stereocenters. The Morgan fingerprint density at radius 2 is 1.61 bits per heavy atom. The lowest BCUT2D eigenvalue weighted by atomic mass is 10.2. The summed E-state index contributed by atoms with van der Waals surface area (Å²) in [6.07, 6.45) is -8.36. The van der Waals surface area contributed by atoms with Crippen LogP contribution in [0.5, 0.6) is 11.5 Å². The van der Waals surface area contributed by atoms with Crippen molar-refractivity contribution >= 4 is 5.69 Å². The van der Waals surface area contributed by atoms with Gasteiger partial charge in [-0.3, -0.25) is 0 Å². The maximum atomic E-state index is 12.5. The summed E-state index contributed by atoms with van der Waals surface area (Å²) >= 11 is 0. The predicted molar refractivity (Wildman–Crippen MR) is 92.0 cm³/mol. The molecule has 1 heterocycles. The average molecular weight is 415 g/mol. The van der Waals surface area contributed by atoms with Gasteiger partial charge in [-0.2, -0.15) is 26.3 Å². The van der Waals surface area contributed by atoms with Crippen molar-refractivity contribution in [3.05, 3.63) is 18.2 Å². The first-order valence-corrected chi connectivity index (χ1v) is 8.82. The molecule has 11 heteroatoms. The van der Waals surface area contributed by atoms with Crippen LogP contribution in [-0.2, 0) is 0 Å². The van der Waals surface area contributed by atoms with Crippen LogP contribution in [0.2, 0.25) is 0 Å². The molecule has 1 fully saturated rings. The zero-order valence-electron chi connectivity index (χ0n) is 15.1. The Balaban J connectivity index is 1.93. The number of hydrogen-bond acceptors (Lipinski definition) is 5. The zero-order valence-corrected chi connectivity index (χ0v) is 15.1. The van der Waals surface area contributed by atoms with Crippen LogP contribution < -0.4 is 20.1 Å². The minimum Gasteiger partial charge on any atom is -0.484 e. The van der Waals surface area contributed by atoms with E-state index in [1.165, 1.54) is 12.1 Å². The number of rotatable bonds is 9. The van der Waals surface area contributed by atoms with Gasteiger partial charge in [0.25, 0.3) is 0 Å². The van der Waals surface area contributed by atoms with Crippen LogP contribution in [0.25, 0.3) is 0 Å². The predicted octanol–water partition coefficient (Wildman–Crippen LogP) is 3.28. The van der Waals surface area contributed by atoms with E-state index in [1.807, 2.05) is 0 Å². The third kappa shape index (κ3) is 8.87. The topological polar surface area (TPSA) is 45.8 Å². The Morgan fingerprint density at radius 1 is 0.964 bits per heavy atom. The van der Waals surface area contributed by atoms with Gasteiger partial charge in [0.15, 0.2) is 13.2 Å². The number of anilines is 1. The minimum absolute atomic E-state index is 0.209. The second-order valence-corrected chi connectivity index (χ2v) is 6.34. The molecule has 0 radical (unpaired) electrons. The molecule has 2 N–H and O–H groups in total. The number of nitrogens with zero attached hydrogens (tertiary/aromatic N) is 1. The highest BCUT2D eigenvalue weighted by Gasteiger charge is 2.30. The van der Waals surface area contributed by atoms with Crippen LogP contribution in [0.1, 0.15) is 6.42 Å². The second kappa shape index (κ2) is 10.1. The summed E-state index contributed by atoms with van der Waals surface area (Å²) in [7, 11) is 0. The Kier molecular flexibility index (Phi) is 8.05. The molecule has 160 valence electrons. The van der Waals surface area contributed by atoms with Crippen molar-refractivity contribution < 1.29 is 35.8 Å². The van der Waals surface area contributed by atoms with Crippen LogP contribution in [0, 0.1) is 0 Å². The van der Waals surface area contributed by atoms with Crippen molar-refractivity contribution in [3.63, 3.8) is 0 Å². The molecule has 0 bridgehead atoms. The van der Waals surface area contributed by atoms with Crippen LogP contribution in [-0.4, -0.2) is 69.7 Å². The molecular weight excluding hydrogens is 392 g/mol. The second-order valence-electron chi connectivity index (χ2n) is 6.34. The molecule has 1 aromatic rings. The highest BCUT2D eigenvalue weighted by Crippen LogP contribution is 2.32. The summed E-state index contributed by atoms with van der Waals surface area (Å²) in [5, 5.41) is 6.22. The van der Waals surface area contributed by atoms with Crippen LogP contribution in [0.15, 0.2) is 18.2 Å². The molecule has 28 heavy (non-hydrogen) atoms. The lowest BCUT2D eigenvalue weighted by Crippen LogP contribution is -2.44. The molecule has 0 amide bonds. The third-order valence-corrected chi connectivity index (χ3v) is 3.92. The Hall–Kier alpha value is -1.88. The summed E-state index contributed by atoms with van der Waals surface area (Å²) in [4.78, 5) is 2.27. The molecular formula is C17H23F6N3O2. The molecule has 0 saturated carbocycles. The van der Waals surface area contributed by atoms with Gasteiger partial charge in [0.05, 0.1) is 5.69 Å². The van der Waals surface area contributed by atoms with Crippen molar-refractivity contribution in [2.75, 3.05) is 57.8 Å². The number of nitrogens with one attached hydrogen (secondary N) is 2. The average Bonchev–Trinajstić information content (AvgIpc) is 2.62. The maximum absolute atomic E-state index is 12.5. The third-order valence-electron chi connectivity index (χ3n) is 3.92. The van der Waals surface area contributed by atoms with Crippen molar-refractivity contribution in [3.8, 4) is 11.5 Å². The van der Waals surface area contributed by atoms with E-state index in [0.29, 0.717) is 6.54 Å². The Labute approximate surface area is 159 Å². The minimum atomic E-state index is -4.57. The van der Waals surface area contributed by atoms with E-state index < -0.39 is 25.6 Å². The Bertz CT molecular complexity index is 604. The lowest BCUT2D eigenvalue weighted by molar-refractivity contribution is -0.153. The molecule has 0 aromatic heterocycles. The van der Waals surface area contributed by atoms with E-state index in [0.717, 1.165) is 45.2 Å². The molecule has 0 aliphatic carbocycles. The van der Waals surface area contributed by atoms with Crippen molar-refractivity contribution in [2.45, 2.75) is 18.8 Å². The van der Waals surface area contributed by atoms with Gasteiger partial charge < -0.3 is 25.0 Å². The summed E-state index contributed by atoms with van der Waals surface area (Å²) < 4.78 is 83.5. The van der Waals surface area contributed by atoms with Gasteiger partial charge in [-0.1, -0.05) is 0 Å². The van der Waals surface area contributed by atoms with E-state index in [2.05, 4.69) is 20.3 Å². The first-order valence-electron chi connectivity index (χ1n) is 8.82. The largest absolute Gasteiger partial charge is 0.484 e. The van der Waals surface area contributed by atoms with Crippen molar-refractivity contribution in [1.82, 2.24) is 10.2 Å². The molecule has 1 aromatic carbocycles. The fourth-order valence-electron chi connectivity index (χ4n) is 2.64. The van der Waals surface area contributed by atoms with Gasteiger partial charge in [-0.25, -0.2) is 0 Å². The van der Waals surface area contributed by atoms with Gasteiger partial charge in [0.2, 0.25) is 0 Å². The quantitative estimate of drug-likeness (QED) is 0.479. The van der Waals surface area contributed by atoms with Crippen molar-refractivity contribution in [2.24, 2.45) is 0 Å². The zero-order chi connectivity index (χ0) is 20.6. The number of hydrogen-bond donors (Lipinski definition) is 2. The van der Waals surface area contributed by atoms with Gasteiger partial charge in [0.1, 0.15) is 11.5 Å². The first kappa shape index (κ1) is 22.4. The van der Waals surface area contributed by atoms with E-state index in [4.69, 9.17) is 4.74 Å². The molecule has 5 nitrogen and oxygen atoms in total. The van der Waals surface area contributed by atoms with Gasteiger partial charge in [-0.15, -0.1) is 0 Å². The molecule has 1 saturated heterocycles. The summed E-state index contributed by atoms with van der Waals surface area (Å²) in [5.41, 5.74) is 0.268.